The van der Waals surface area contributed by atoms with Crippen molar-refractivity contribution in [3.8, 4) is 22.8 Å². The lowest BCUT2D eigenvalue weighted by Crippen LogP contribution is -2.54. The van der Waals surface area contributed by atoms with Gasteiger partial charge in [0, 0.05) is 37.1 Å². The lowest BCUT2D eigenvalue weighted by molar-refractivity contribution is 0.379. The van der Waals surface area contributed by atoms with Crippen LogP contribution in [0.1, 0.15) is 6.92 Å². The third-order valence-corrected chi connectivity index (χ3v) is 9.51. The number of methoxy groups -OCH3 is 2. The SMILES string of the molecule is COc1ccc(OC)c(-c2csc(N3CCN(S(=O)(=O)C4C=CC=CC4(C)Cl)CC3)n2)c1. The molecule has 1 aromatic carbocycles. The molecule has 2 aliphatic rings. The van der Waals surface area contributed by atoms with Gasteiger partial charge in [0.05, 0.1) is 24.8 Å². The lowest BCUT2D eigenvalue weighted by atomic mass is 10.0. The third-order valence-electron chi connectivity index (χ3n) is 5.74. The number of rotatable bonds is 6. The van der Waals surface area contributed by atoms with Crippen LogP contribution in [0.2, 0.25) is 0 Å². The summed E-state index contributed by atoms with van der Waals surface area (Å²) in [6.45, 7) is 3.64. The van der Waals surface area contributed by atoms with Crippen LogP contribution < -0.4 is 14.4 Å². The Kier molecular flexibility index (Phi) is 6.53. The van der Waals surface area contributed by atoms with Gasteiger partial charge in [0.2, 0.25) is 10.0 Å². The Balaban J connectivity index is 1.48. The van der Waals surface area contributed by atoms with Crippen molar-refractivity contribution in [2.75, 3.05) is 45.3 Å². The number of hydrogen-bond acceptors (Lipinski definition) is 7. The Morgan fingerprint density at radius 1 is 1.16 bits per heavy atom. The maximum Gasteiger partial charge on any atom is 0.222 e. The molecule has 0 N–H and O–H groups in total. The molecule has 10 heteroatoms. The van der Waals surface area contributed by atoms with E-state index in [1.165, 1.54) is 15.6 Å². The molecule has 1 fully saturated rings. The van der Waals surface area contributed by atoms with E-state index in [2.05, 4.69) is 4.90 Å². The van der Waals surface area contributed by atoms with Gasteiger partial charge in [-0.2, -0.15) is 4.31 Å². The second-order valence-electron chi connectivity index (χ2n) is 7.83. The summed E-state index contributed by atoms with van der Waals surface area (Å²) in [6, 6.07) is 5.60. The standard InChI is InChI=1S/C22H26ClN3O4S2/c1-22(23)9-5-4-6-20(22)32(27,28)26-12-10-25(11-13-26)21-24-18(15-31-21)17-14-16(29-2)7-8-19(17)30-3/h4-9,14-15,20H,10-13H2,1-3H3. The zero-order valence-corrected chi connectivity index (χ0v) is 20.6. The second kappa shape index (κ2) is 9.05. The highest BCUT2D eigenvalue weighted by molar-refractivity contribution is 7.90. The molecule has 2 atom stereocenters. The fourth-order valence-electron chi connectivity index (χ4n) is 3.92. The number of ether oxygens (including phenoxy) is 2. The monoisotopic (exact) mass is 495 g/mol. The average molecular weight is 496 g/mol. The zero-order valence-electron chi connectivity index (χ0n) is 18.2. The third kappa shape index (κ3) is 4.39. The fraction of sp³-hybridized carbons (Fsp3) is 0.409. The summed E-state index contributed by atoms with van der Waals surface area (Å²) in [7, 11) is -0.314. The van der Waals surface area contributed by atoms with Gasteiger partial charge in [-0.05, 0) is 25.1 Å². The zero-order chi connectivity index (χ0) is 22.9. The Morgan fingerprint density at radius 2 is 1.91 bits per heavy atom. The van der Waals surface area contributed by atoms with Gasteiger partial charge in [0.1, 0.15) is 16.7 Å². The molecule has 2 heterocycles. The molecule has 1 aromatic heterocycles. The number of benzene rings is 1. The number of aromatic nitrogens is 1. The first-order chi connectivity index (χ1) is 15.3. The van der Waals surface area contributed by atoms with Crippen molar-refractivity contribution in [1.29, 1.82) is 0 Å². The Morgan fingerprint density at radius 3 is 2.56 bits per heavy atom. The van der Waals surface area contributed by atoms with Crippen LogP contribution in [0.3, 0.4) is 0 Å². The van der Waals surface area contributed by atoms with Gasteiger partial charge in [0.25, 0.3) is 0 Å². The minimum absolute atomic E-state index is 0.390. The van der Waals surface area contributed by atoms with Crippen LogP contribution in [0.25, 0.3) is 11.3 Å². The van der Waals surface area contributed by atoms with Crippen LogP contribution in [0.15, 0.2) is 47.9 Å². The van der Waals surface area contributed by atoms with Gasteiger partial charge in [-0.1, -0.05) is 24.3 Å². The van der Waals surface area contributed by atoms with E-state index in [-0.39, 0.29) is 0 Å². The first kappa shape index (κ1) is 23.1. The van der Waals surface area contributed by atoms with E-state index in [0.29, 0.717) is 26.2 Å². The number of alkyl halides is 1. The molecule has 1 saturated heterocycles. The smallest absolute Gasteiger partial charge is 0.222 e. The van der Waals surface area contributed by atoms with E-state index >= 15 is 0 Å². The van der Waals surface area contributed by atoms with Crippen molar-refractivity contribution >= 4 is 38.1 Å². The van der Waals surface area contributed by atoms with Gasteiger partial charge in [-0.15, -0.1) is 22.9 Å². The van der Waals surface area contributed by atoms with Crippen molar-refractivity contribution < 1.29 is 17.9 Å². The van der Waals surface area contributed by atoms with Crippen molar-refractivity contribution in [1.82, 2.24) is 9.29 Å². The number of hydrogen-bond donors (Lipinski definition) is 0. The summed E-state index contributed by atoms with van der Waals surface area (Å²) < 4.78 is 38.8. The summed E-state index contributed by atoms with van der Waals surface area (Å²) >= 11 is 8.02. The fourth-order valence-corrected chi connectivity index (χ4v) is 7.23. The van der Waals surface area contributed by atoms with Crippen LogP contribution in [0.5, 0.6) is 11.5 Å². The minimum atomic E-state index is -3.56. The quantitative estimate of drug-likeness (QED) is 0.568. The van der Waals surface area contributed by atoms with Gasteiger partial charge < -0.3 is 14.4 Å². The van der Waals surface area contributed by atoms with Gasteiger partial charge in [0.15, 0.2) is 5.13 Å². The molecule has 2 unspecified atom stereocenters. The van der Waals surface area contributed by atoms with Crippen LogP contribution in [-0.4, -0.2) is 68.2 Å². The average Bonchev–Trinajstić information content (AvgIpc) is 3.28. The lowest BCUT2D eigenvalue weighted by Gasteiger charge is -2.38. The highest BCUT2D eigenvalue weighted by atomic mass is 35.5. The van der Waals surface area contributed by atoms with Gasteiger partial charge >= 0.3 is 0 Å². The molecule has 32 heavy (non-hydrogen) atoms. The molecule has 1 aliphatic heterocycles. The summed E-state index contributed by atoms with van der Waals surface area (Å²) in [5.41, 5.74) is 1.65. The molecular weight excluding hydrogens is 470 g/mol. The van der Waals surface area contributed by atoms with E-state index in [4.69, 9.17) is 26.1 Å². The van der Waals surface area contributed by atoms with E-state index in [9.17, 15) is 8.42 Å². The molecule has 2 aromatic rings. The van der Waals surface area contributed by atoms with Gasteiger partial charge in [-0.25, -0.2) is 13.4 Å². The number of anilines is 1. The van der Waals surface area contributed by atoms with E-state index in [1.807, 2.05) is 23.6 Å². The summed E-state index contributed by atoms with van der Waals surface area (Å²) in [5.74, 6) is 1.45. The maximum atomic E-state index is 13.2. The summed E-state index contributed by atoms with van der Waals surface area (Å²) in [5, 5.41) is 2.05. The number of piperazine rings is 1. The van der Waals surface area contributed by atoms with Gasteiger partial charge in [-0.3, -0.25) is 0 Å². The normalized spacial score (nSPS) is 24.0. The Labute approximate surface area is 198 Å². The molecule has 4 rings (SSSR count). The first-order valence-corrected chi connectivity index (χ1v) is 13.0. The number of allylic oxidation sites excluding steroid dienone is 3. The van der Waals surface area contributed by atoms with E-state index < -0.39 is 20.1 Å². The van der Waals surface area contributed by atoms with E-state index in [1.54, 1.807) is 45.4 Å². The Hall–Kier alpha value is -2.07. The van der Waals surface area contributed by atoms with E-state index in [0.717, 1.165) is 27.9 Å². The number of nitrogens with zero attached hydrogens (tertiary/aromatic N) is 3. The summed E-state index contributed by atoms with van der Waals surface area (Å²) in [6.07, 6.45) is 6.93. The first-order valence-electron chi connectivity index (χ1n) is 10.2. The predicted molar refractivity (Wildman–Crippen MR) is 130 cm³/mol. The van der Waals surface area contributed by atoms with Crippen molar-refractivity contribution in [2.45, 2.75) is 17.0 Å². The number of sulfonamides is 1. The van der Waals surface area contributed by atoms with Crippen LogP contribution in [0.4, 0.5) is 5.13 Å². The number of thiazole rings is 1. The van der Waals surface area contributed by atoms with Crippen molar-refractivity contribution in [3.05, 3.63) is 47.9 Å². The molecule has 0 spiro atoms. The topological polar surface area (TPSA) is 72.0 Å². The second-order valence-corrected chi connectivity index (χ2v) is 11.5. The van der Waals surface area contributed by atoms with Crippen LogP contribution in [-0.2, 0) is 10.0 Å². The molecule has 7 nitrogen and oxygen atoms in total. The molecule has 1 aliphatic carbocycles. The number of halogens is 1. The predicted octanol–water partition coefficient (Wildman–Crippen LogP) is 3.77. The van der Waals surface area contributed by atoms with Crippen LogP contribution in [0, 0.1) is 0 Å². The molecule has 0 saturated carbocycles. The molecular formula is C22H26ClN3O4S2. The van der Waals surface area contributed by atoms with Crippen molar-refractivity contribution in [2.24, 2.45) is 0 Å². The maximum absolute atomic E-state index is 13.2. The molecule has 172 valence electrons. The van der Waals surface area contributed by atoms with Crippen molar-refractivity contribution in [3.63, 3.8) is 0 Å². The minimum Gasteiger partial charge on any atom is -0.497 e. The highest BCUT2D eigenvalue weighted by Crippen LogP contribution is 2.37. The largest absolute Gasteiger partial charge is 0.497 e. The Bertz CT molecular complexity index is 1140. The summed E-state index contributed by atoms with van der Waals surface area (Å²) in [4.78, 5) is 5.95. The van der Waals surface area contributed by atoms with Crippen LogP contribution >= 0.6 is 22.9 Å². The molecule has 0 amide bonds. The molecule has 0 bridgehead atoms. The highest BCUT2D eigenvalue weighted by Gasteiger charge is 2.43. The molecule has 0 radical (unpaired) electrons.